The van der Waals surface area contributed by atoms with Gasteiger partial charge in [-0.25, -0.2) is 9.97 Å². The van der Waals surface area contributed by atoms with Crippen LogP contribution in [0.3, 0.4) is 0 Å². The van der Waals surface area contributed by atoms with E-state index in [9.17, 15) is 9.90 Å². The molecule has 0 unspecified atom stereocenters. The third-order valence-electron chi connectivity index (χ3n) is 7.35. The minimum Gasteiger partial charge on any atom is -0.399 e. The number of aryl methyl sites for hydroxylation is 2. The van der Waals surface area contributed by atoms with Crippen LogP contribution >= 0.6 is 0 Å². The Morgan fingerprint density at radius 2 is 1.84 bits per heavy atom. The van der Waals surface area contributed by atoms with Crippen LogP contribution in [0.25, 0.3) is 10.9 Å². The lowest BCUT2D eigenvalue weighted by Gasteiger charge is -2.33. The van der Waals surface area contributed by atoms with Crippen LogP contribution in [0.4, 0.5) is 11.5 Å². The van der Waals surface area contributed by atoms with E-state index in [-0.39, 0.29) is 17.9 Å². The maximum absolute atomic E-state index is 12.9. The second-order valence-corrected chi connectivity index (χ2v) is 11.5. The molecule has 198 valence electrons. The number of nitrogens with zero attached hydrogens (tertiary/aromatic N) is 3. The molecule has 37 heavy (non-hydrogen) atoms. The SMILES string of the molecule is Cc1cc(N)cc([C@@H](C)Nc2nc(C)nc3ccc(C4CCC(C(=O)N(C)CC(C)(C)O)CC4)cc23)c1. The van der Waals surface area contributed by atoms with Crippen molar-refractivity contribution in [1.82, 2.24) is 14.9 Å². The fourth-order valence-electron chi connectivity index (χ4n) is 5.65. The number of likely N-dealkylation sites (N-methyl/N-ethyl adjacent to an activating group) is 1. The van der Waals surface area contributed by atoms with Gasteiger partial charge in [-0.1, -0.05) is 12.1 Å². The highest BCUT2D eigenvalue weighted by atomic mass is 16.3. The van der Waals surface area contributed by atoms with Gasteiger partial charge in [0.15, 0.2) is 0 Å². The minimum absolute atomic E-state index is 0.0230. The molecule has 0 saturated heterocycles. The standard InChI is InChI=1S/C30H41N5O2/c1-18-13-24(15-25(31)14-18)19(2)32-28-26-16-23(11-12-27(26)33-20(3)34-28)21-7-9-22(10-8-21)29(36)35(6)17-30(4,5)37/h11-16,19,21-22,37H,7-10,17,31H2,1-6H3,(H,32,33,34)/t19-,21?,22?/m1/s1. The normalized spacial score (nSPS) is 19.0. The molecule has 2 aromatic carbocycles. The molecule has 1 amide bonds. The van der Waals surface area contributed by atoms with Crippen LogP contribution in [0.5, 0.6) is 0 Å². The van der Waals surface area contributed by atoms with Gasteiger partial charge in [0.2, 0.25) is 5.91 Å². The molecule has 0 spiro atoms. The molecule has 1 heterocycles. The molecular weight excluding hydrogens is 462 g/mol. The number of hydrogen-bond donors (Lipinski definition) is 3. The van der Waals surface area contributed by atoms with Crippen molar-refractivity contribution in [3.05, 3.63) is 58.9 Å². The van der Waals surface area contributed by atoms with Crippen molar-refractivity contribution in [2.45, 2.75) is 77.9 Å². The van der Waals surface area contributed by atoms with Gasteiger partial charge in [-0.2, -0.15) is 0 Å². The maximum Gasteiger partial charge on any atom is 0.225 e. The minimum atomic E-state index is -0.887. The Morgan fingerprint density at radius 1 is 1.14 bits per heavy atom. The molecule has 4 N–H and O–H groups in total. The van der Waals surface area contributed by atoms with Crippen molar-refractivity contribution in [3.63, 3.8) is 0 Å². The van der Waals surface area contributed by atoms with Crippen LogP contribution in [0.2, 0.25) is 0 Å². The van der Waals surface area contributed by atoms with E-state index in [1.54, 1.807) is 25.8 Å². The average Bonchev–Trinajstić information content (AvgIpc) is 2.81. The molecule has 0 radical (unpaired) electrons. The van der Waals surface area contributed by atoms with Gasteiger partial charge < -0.3 is 21.1 Å². The van der Waals surface area contributed by atoms with Gasteiger partial charge in [0, 0.05) is 30.6 Å². The highest BCUT2D eigenvalue weighted by Crippen LogP contribution is 2.38. The van der Waals surface area contributed by atoms with E-state index in [1.165, 1.54) is 5.56 Å². The zero-order valence-corrected chi connectivity index (χ0v) is 23.0. The van der Waals surface area contributed by atoms with E-state index in [0.717, 1.165) is 65.0 Å². The fraction of sp³-hybridized carbons (Fsp3) is 0.500. The van der Waals surface area contributed by atoms with E-state index in [2.05, 4.69) is 48.4 Å². The molecule has 3 aromatic rings. The van der Waals surface area contributed by atoms with Gasteiger partial charge in [0.25, 0.3) is 0 Å². The molecular formula is C30H41N5O2. The summed E-state index contributed by atoms with van der Waals surface area (Å²) in [5.74, 6) is 2.12. The van der Waals surface area contributed by atoms with Crippen molar-refractivity contribution >= 4 is 28.3 Å². The van der Waals surface area contributed by atoms with E-state index >= 15 is 0 Å². The number of nitrogens with one attached hydrogen (secondary N) is 1. The Kier molecular flexibility index (Phi) is 7.74. The maximum atomic E-state index is 12.9. The highest BCUT2D eigenvalue weighted by Gasteiger charge is 2.30. The Morgan fingerprint density at radius 3 is 2.49 bits per heavy atom. The number of carbonyl (C=O) groups excluding carboxylic acids is 1. The van der Waals surface area contributed by atoms with Gasteiger partial charge in [0.1, 0.15) is 11.6 Å². The van der Waals surface area contributed by atoms with E-state index in [0.29, 0.717) is 12.5 Å². The summed E-state index contributed by atoms with van der Waals surface area (Å²) >= 11 is 0. The molecule has 1 aliphatic carbocycles. The second-order valence-electron chi connectivity index (χ2n) is 11.5. The van der Waals surface area contributed by atoms with Crippen LogP contribution in [-0.4, -0.2) is 45.1 Å². The van der Waals surface area contributed by atoms with Crippen LogP contribution in [0, 0.1) is 19.8 Å². The number of anilines is 2. The summed E-state index contributed by atoms with van der Waals surface area (Å²) in [6.45, 7) is 9.91. The molecule has 1 aromatic heterocycles. The predicted octanol–water partition coefficient (Wildman–Crippen LogP) is 5.51. The molecule has 7 heteroatoms. The van der Waals surface area contributed by atoms with Gasteiger partial charge in [-0.15, -0.1) is 0 Å². The molecule has 1 fully saturated rings. The zero-order chi connectivity index (χ0) is 26.9. The van der Waals surface area contributed by atoms with E-state index < -0.39 is 5.60 Å². The fourth-order valence-corrected chi connectivity index (χ4v) is 5.65. The van der Waals surface area contributed by atoms with Crippen molar-refractivity contribution in [2.75, 3.05) is 24.6 Å². The lowest BCUT2D eigenvalue weighted by Crippen LogP contribution is -2.43. The summed E-state index contributed by atoms with van der Waals surface area (Å²) in [5, 5.41) is 14.7. The molecule has 1 saturated carbocycles. The quantitative estimate of drug-likeness (QED) is 0.368. The number of benzene rings is 2. The van der Waals surface area contributed by atoms with E-state index in [1.807, 2.05) is 19.1 Å². The van der Waals surface area contributed by atoms with Crippen molar-refractivity contribution in [3.8, 4) is 0 Å². The summed E-state index contributed by atoms with van der Waals surface area (Å²) < 4.78 is 0. The number of nitrogens with two attached hydrogens (primary N) is 1. The Labute approximate surface area is 220 Å². The van der Waals surface area contributed by atoms with E-state index in [4.69, 9.17) is 10.7 Å². The summed E-state index contributed by atoms with van der Waals surface area (Å²) in [6, 6.07) is 12.7. The molecule has 1 atom stereocenters. The highest BCUT2D eigenvalue weighted by molar-refractivity contribution is 5.90. The summed E-state index contributed by atoms with van der Waals surface area (Å²) in [6.07, 6.45) is 3.65. The number of aromatic nitrogens is 2. The largest absolute Gasteiger partial charge is 0.399 e. The number of rotatable bonds is 7. The topological polar surface area (TPSA) is 104 Å². The number of nitrogen functional groups attached to an aromatic ring is 1. The first kappa shape index (κ1) is 26.9. The smallest absolute Gasteiger partial charge is 0.225 e. The number of aliphatic hydroxyl groups is 1. The van der Waals surface area contributed by atoms with Gasteiger partial charge in [-0.3, -0.25) is 4.79 Å². The molecule has 0 bridgehead atoms. The van der Waals surface area contributed by atoms with Crippen molar-refractivity contribution in [1.29, 1.82) is 0 Å². The van der Waals surface area contributed by atoms with Crippen LogP contribution in [-0.2, 0) is 4.79 Å². The third-order valence-corrected chi connectivity index (χ3v) is 7.35. The summed E-state index contributed by atoms with van der Waals surface area (Å²) in [5.41, 5.74) is 10.4. The lowest BCUT2D eigenvalue weighted by atomic mass is 9.78. The van der Waals surface area contributed by atoms with Crippen LogP contribution < -0.4 is 11.1 Å². The Bertz CT molecular complexity index is 1250. The average molecular weight is 504 g/mol. The molecule has 0 aliphatic heterocycles. The Hall–Kier alpha value is -3.19. The Balaban J connectivity index is 1.51. The monoisotopic (exact) mass is 503 g/mol. The lowest BCUT2D eigenvalue weighted by molar-refractivity contribution is -0.138. The number of hydrogen-bond acceptors (Lipinski definition) is 6. The second kappa shape index (κ2) is 10.7. The number of carbonyl (C=O) groups is 1. The van der Waals surface area contributed by atoms with Gasteiger partial charge in [-0.05, 0) is 107 Å². The first-order valence-electron chi connectivity index (χ1n) is 13.3. The zero-order valence-electron chi connectivity index (χ0n) is 23.0. The third kappa shape index (κ3) is 6.58. The van der Waals surface area contributed by atoms with Crippen molar-refractivity contribution < 1.29 is 9.90 Å². The number of fused-ring (bicyclic) bond motifs is 1. The molecule has 4 rings (SSSR count). The number of amides is 1. The molecule has 1 aliphatic rings. The van der Waals surface area contributed by atoms with Gasteiger partial charge >= 0.3 is 0 Å². The predicted molar refractivity (Wildman–Crippen MR) is 151 cm³/mol. The van der Waals surface area contributed by atoms with Crippen LogP contribution in [0.1, 0.15) is 80.9 Å². The van der Waals surface area contributed by atoms with Crippen LogP contribution in [0.15, 0.2) is 36.4 Å². The first-order chi connectivity index (χ1) is 17.4. The van der Waals surface area contributed by atoms with Crippen molar-refractivity contribution in [2.24, 2.45) is 5.92 Å². The first-order valence-corrected chi connectivity index (χ1v) is 13.3. The molecule has 7 nitrogen and oxygen atoms in total. The van der Waals surface area contributed by atoms with Gasteiger partial charge in [0.05, 0.1) is 17.2 Å². The summed E-state index contributed by atoms with van der Waals surface area (Å²) in [4.78, 5) is 24.0. The summed E-state index contributed by atoms with van der Waals surface area (Å²) in [7, 11) is 1.79.